The first-order valence-corrected chi connectivity index (χ1v) is 6.26. The number of anilines is 1. The Hall–Kier alpha value is -2.30. The lowest BCUT2D eigenvalue weighted by molar-refractivity contribution is 0.419. The molecule has 0 aliphatic rings. The molecule has 3 rings (SSSR count). The SMILES string of the molecule is CC(C)c1noc(NCc2ccc3occc3c2)n1. The zero-order chi connectivity index (χ0) is 13.2. The van der Waals surface area contributed by atoms with Gasteiger partial charge in [-0.2, -0.15) is 4.98 Å². The molecule has 0 aliphatic heterocycles. The van der Waals surface area contributed by atoms with Crippen molar-refractivity contribution in [3.8, 4) is 0 Å². The van der Waals surface area contributed by atoms with E-state index in [2.05, 4.69) is 21.5 Å². The van der Waals surface area contributed by atoms with Crippen LogP contribution in [0.2, 0.25) is 0 Å². The summed E-state index contributed by atoms with van der Waals surface area (Å²) in [6, 6.07) is 8.45. The van der Waals surface area contributed by atoms with Gasteiger partial charge in [-0.1, -0.05) is 25.1 Å². The van der Waals surface area contributed by atoms with Gasteiger partial charge in [0.2, 0.25) is 0 Å². The van der Waals surface area contributed by atoms with E-state index in [-0.39, 0.29) is 5.92 Å². The van der Waals surface area contributed by atoms with Crippen molar-refractivity contribution in [2.75, 3.05) is 5.32 Å². The fraction of sp³-hybridized carbons (Fsp3) is 0.286. The molecule has 19 heavy (non-hydrogen) atoms. The van der Waals surface area contributed by atoms with Gasteiger partial charge in [-0.3, -0.25) is 0 Å². The van der Waals surface area contributed by atoms with Crippen molar-refractivity contribution in [2.24, 2.45) is 0 Å². The molecule has 0 aliphatic carbocycles. The first-order chi connectivity index (χ1) is 9.22. The molecule has 1 aromatic carbocycles. The highest BCUT2D eigenvalue weighted by molar-refractivity contribution is 5.77. The van der Waals surface area contributed by atoms with E-state index in [1.807, 2.05) is 32.0 Å². The third-order valence-electron chi connectivity index (χ3n) is 2.92. The summed E-state index contributed by atoms with van der Waals surface area (Å²) in [6.07, 6.45) is 1.69. The van der Waals surface area contributed by atoms with E-state index >= 15 is 0 Å². The van der Waals surface area contributed by atoms with E-state index in [1.165, 1.54) is 0 Å². The molecule has 2 heterocycles. The fourth-order valence-corrected chi connectivity index (χ4v) is 1.84. The zero-order valence-corrected chi connectivity index (χ0v) is 10.9. The molecule has 0 unspecified atom stereocenters. The van der Waals surface area contributed by atoms with Crippen LogP contribution in [0, 0.1) is 0 Å². The van der Waals surface area contributed by atoms with Crippen LogP contribution in [0.1, 0.15) is 31.2 Å². The molecule has 0 amide bonds. The van der Waals surface area contributed by atoms with Crippen LogP contribution in [-0.4, -0.2) is 10.1 Å². The minimum absolute atomic E-state index is 0.265. The Morgan fingerprint density at radius 3 is 2.95 bits per heavy atom. The molecule has 0 spiro atoms. The molecule has 0 fully saturated rings. The molecule has 98 valence electrons. The van der Waals surface area contributed by atoms with E-state index in [0.717, 1.165) is 16.5 Å². The Morgan fingerprint density at radius 2 is 2.16 bits per heavy atom. The topological polar surface area (TPSA) is 64.1 Å². The van der Waals surface area contributed by atoms with Crippen LogP contribution in [0.4, 0.5) is 6.01 Å². The smallest absolute Gasteiger partial charge is 0.321 e. The molecule has 0 bridgehead atoms. The average molecular weight is 257 g/mol. The van der Waals surface area contributed by atoms with Crippen LogP contribution in [0.15, 0.2) is 39.5 Å². The van der Waals surface area contributed by atoms with Crippen molar-refractivity contribution >= 4 is 17.0 Å². The lowest BCUT2D eigenvalue weighted by Crippen LogP contribution is -1.99. The van der Waals surface area contributed by atoms with E-state index in [1.54, 1.807) is 6.26 Å². The van der Waals surface area contributed by atoms with Crippen LogP contribution < -0.4 is 5.32 Å². The molecule has 0 atom stereocenters. The Morgan fingerprint density at radius 1 is 1.26 bits per heavy atom. The van der Waals surface area contributed by atoms with Gasteiger partial charge in [0.25, 0.3) is 0 Å². The lowest BCUT2D eigenvalue weighted by atomic mass is 10.1. The summed E-state index contributed by atoms with van der Waals surface area (Å²) in [5, 5.41) is 8.12. The Bertz CT molecular complexity index is 685. The van der Waals surface area contributed by atoms with Crippen LogP contribution in [-0.2, 0) is 6.54 Å². The van der Waals surface area contributed by atoms with Gasteiger partial charge in [-0.25, -0.2) is 0 Å². The van der Waals surface area contributed by atoms with E-state index in [0.29, 0.717) is 18.4 Å². The van der Waals surface area contributed by atoms with Gasteiger partial charge in [0, 0.05) is 17.8 Å². The van der Waals surface area contributed by atoms with Crippen molar-refractivity contribution in [2.45, 2.75) is 26.3 Å². The summed E-state index contributed by atoms with van der Waals surface area (Å²) in [4.78, 5) is 4.27. The van der Waals surface area contributed by atoms with Crippen molar-refractivity contribution in [1.29, 1.82) is 0 Å². The second-order valence-corrected chi connectivity index (χ2v) is 4.76. The van der Waals surface area contributed by atoms with Gasteiger partial charge in [-0.15, -0.1) is 0 Å². The number of aromatic nitrogens is 2. The standard InChI is InChI=1S/C14H15N3O2/c1-9(2)13-16-14(19-17-13)15-8-10-3-4-12-11(7-10)5-6-18-12/h3-7,9H,8H2,1-2H3,(H,15,16,17). The molecule has 0 saturated heterocycles. The van der Waals surface area contributed by atoms with Gasteiger partial charge in [0.15, 0.2) is 5.82 Å². The van der Waals surface area contributed by atoms with E-state index < -0.39 is 0 Å². The number of hydrogen-bond acceptors (Lipinski definition) is 5. The highest BCUT2D eigenvalue weighted by Crippen LogP contribution is 2.18. The summed E-state index contributed by atoms with van der Waals surface area (Å²) >= 11 is 0. The lowest BCUT2D eigenvalue weighted by Gasteiger charge is -2.01. The van der Waals surface area contributed by atoms with Crippen molar-refractivity contribution in [3.05, 3.63) is 41.9 Å². The quantitative estimate of drug-likeness (QED) is 0.774. The van der Waals surface area contributed by atoms with Crippen LogP contribution in [0.3, 0.4) is 0 Å². The number of benzene rings is 1. The van der Waals surface area contributed by atoms with Crippen molar-refractivity contribution in [3.63, 3.8) is 0 Å². The average Bonchev–Trinajstić information content (AvgIpc) is 3.04. The van der Waals surface area contributed by atoms with Gasteiger partial charge in [-0.05, 0) is 23.8 Å². The molecule has 1 N–H and O–H groups in total. The summed E-state index contributed by atoms with van der Waals surface area (Å²) in [6.45, 7) is 4.70. The van der Waals surface area contributed by atoms with Crippen LogP contribution in [0.5, 0.6) is 0 Å². The minimum Gasteiger partial charge on any atom is -0.464 e. The van der Waals surface area contributed by atoms with Gasteiger partial charge < -0.3 is 14.3 Å². The normalized spacial score (nSPS) is 11.3. The first kappa shape index (κ1) is 11.8. The van der Waals surface area contributed by atoms with Gasteiger partial charge in [0.1, 0.15) is 5.58 Å². The van der Waals surface area contributed by atoms with Crippen molar-refractivity contribution in [1.82, 2.24) is 10.1 Å². The summed E-state index contributed by atoms with van der Waals surface area (Å²) in [5.41, 5.74) is 2.03. The first-order valence-electron chi connectivity index (χ1n) is 6.26. The summed E-state index contributed by atoms with van der Waals surface area (Å²) in [5.74, 6) is 0.981. The van der Waals surface area contributed by atoms with Gasteiger partial charge >= 0.3 is 6.01 Å². The molecule has 0 saturated carbocycles. The maximum atomic E-state index is 5.30. The number of fused-ring (bicyclic) bond motifs is 1. The van der Waals surface area contributed by atoms with Gasteiger partial charge in [0.05, 0.1) is 6.26 Å². The predicted octanol–water partition coefficient (Wildman–Crippen LogP) is 3.55. The highest BCUT2D eigenvalue weighted by atomic mass is 16.5. The van der Waals surface area contributed by atoms with E-state index in [4.69, 9.17) is 8.94 Å². The monoisotopic (exact) mass is 257 g/mol. The minimum atomic E-state index is 0.265. The van der Waals surface area contributed by atoms with E-state index in [9.17, 15) is 0 Å². The van der Waals surface area contributed by atoms with Crippen LogP contribution in [0.25, 0.3) is 11.0 Å². The Kier molecular flexibility index (Phi) is 2.95. The molecular weight excluding hydrogens is 242 g/mol. The second kappa shape index (κ2) is 4.76. The third-order valence-corrected chi connectivity index (χ3v) is 2.92. The highest BCUT2D eigenvalue weighted by Gasteiger charge is 2.09. The van der Waals surface area contributed by atoms with Crippen molar-refractivity contribution < 1.29 is 8.94 Å². The maximum absolute atomic E-state index is 5.30. The molecular formula is C14H15N3O2. The molecule has 0 radical (unpaired) electrons. The molecule has 5 nitrogen and oxygen atoms in total. The summed E-state index contributed by atoms with van der Waals surface area (Å²) in [7, 11) is 0. The Labute approximate surface area is 110 Å². The molecule has 5 heteroatoms. The third kappa shape index (κ3) is 2.45. The Balaban J connectivity index is 1.70. The number of nitrogens with one attached hydrogen (secondary N) is 1. The molecule has 2 aromatic heterocycles. The predicted molar refractivity (Wildman–Crippen MR) is 71.9 cm³/mol. The zero-order valence-electron chi connectivity index (χ0n) is 10.9. The number of hydrogen-bond donors (Lipinski definition) is 1. The second-order valence-electron chi connectivity index (χ2n) is 4.76. The number of nitrogens with zero attached hydrogens (tertiary/aromatic N) is 2. The number of furan rings is 1. The largest absolute Gasteiger partial charge is 0.464 e. The van der Waals surface area contributed by atoms with Crippen LogP contribution >= 0.6 is 0 Å². The maximum Gasteiger partial charge on any atom is 0.321 e. The fourth-order valence-electron chi connectivity index (χ4n) is 1.84. The summed E-state index contributed by atoms with van der Waals surface area (Å²) < 4.78 is 10.4. The number of rotatable bonds is 4. The molecule has 3 aromatic rings.